The summed E-state index contributed by atoms with van der Waals surface area (Å²) in [4.78, 5) is 2.50. The van der Waals surface area contributed by atoms with Gasteiger partial charge in [-0.25, -0.2) is 0 Å². The summed E-state index contributed by atoms with van der Waals surface area (Å²) in [5.41, 5.74) is 0. The van der Waals surface area contributed by atoms with Gasteiger partial charge >= 0.3 is 0 Å². The van der Waals surface area contributed by atoms with Gasteiger partial charge in [0.05, 0.1) is 6.61 Å². The summed E-state index contributed by atoms with van der Waals surface area (Å²) in [6.07, 6.45) is 2.76. The van der Waals surface area contributed by atoms with Crippen LogP contribution in [0.15, 0.2) is 0 Å². The molecule has 0 aromatic carbocycles. The van der Waals surface area contributed by atoms with Gasteiger partial charge in [-0.15, -0.1) is 0 Å². The zero-order chi connectivity index (χ0) is 7.94. The van der Waals surface area contributed by atoms with Crippen molar-refractivity contribution in [1.29, 1.82) is 0 Å². The van der Waals surface area contributed by atoms with E-state index in [2.05, 4.69) is 4.90 Å². The molecule has 11 heavy (non-hydrogen) atoms. The van der Waals surface area contributed by atoms with Crippen LogP contribution in [-0.4, -0.2) is 47.8 Å². The first-order chi connectivity index (χ1) is 5.43. The lowest BCUT2D eigenvalue weighted by Crippen LogP contribution is -2.22. The van der Waals surface area contributed by atoms with Crippen LogP contribution in [0, 0.1) is 0 Å². The van der Waals surface area contributed by atoms with Crippen LogP contribution < -0.4 is 0 Å². The zero-order valence-corrected chi connectivity index (χ0v) is 7.78. The third-order valence-corrected chi connectivity index (χ3v) is 2.93. The van der Waals surface area contributed by atoms with Crippen LogP contribution in [0.5, 0.6) is 0 Å². The summed E-state index contributed by atoms with van der Waals surface area (Å²) in [6, 6.07) is 0. The van der Waals surface area contributed by atoms with Gasteiger partial charge in [0.25, 0.3) is 0 Å². The molecule has 1 aliphatic heterocycles. The minimum absolute atomic E-state index is 0.324. The molecule has 0 spiro atoms. The van der Waals surface area contributed by atoms with Crippen molar-refractivity contribution in [2.75, 3.05) is 37.7 Å². The van der Waals surface area contributed by atoms with E-state index in [-0.39, 0.29) is 0 Å². The van der Waals surface area contributed by atoms with E-state index in [1.54, 1.807) is 0 Å². The molecule has 1 rings (SSSR count). The number of thioether (sulfide) groups is 1. The Morgan fingerprint density at radius 3 is 2.55 bits per heavy atom. The monoisotopic (exact) mass is 175 g/mol. The molecule has 0 aromatic rings. The molecule has 2 nitrogen and oxygen atoms in total. The van der Waals surface area contributed by atoms with Gasteiger partial charge in [0.15, 0.2) is 0 Å². The van der Waals surface area contributed by atoms with Crippen molar-refractivity contribution < 1.29 is 5.11 Å². The second-order valence-electron chi connectivity index (χ2n) is 2.88. The number of hydrogen-bond donors (Lipinski definition) is 1. The SMILES string of the molecule is OCCSCCN1CCCC1. The fraction of sp³-hybridized carbons (Fsp3) is 1.00. The van der Waals surface area contributed by atoms with E-state index in [1.807, 2.05) is 11.8 Å². The van der Waals surface area contributed by atoms with Crippen molar-refractivity contribution in [3.05, 3.63) is 0 Å². The fourth-order valence-electron chi connectivity index (χ4n) is 1.37. The zero-order valence-electron chi connectivity index (χ0n) is 6.96. The lowest BCUT2D eigenvalue weighted by Gasteiger charge is -2.13. The Bertz CT molecular complexity index is 94.1. The molecular weight excluding hydrogens is 158 g/mol. The lowest BCUT2D eigenvalue weighted by atomic mass is 10.4. The highest BCUT2D eigenvalue weighted by molar-refractivity contribution is 7.99. The molecule has 1 aliphatic rings. The summed E-state index contributed by atoms with van der Waals surface area (Å²) in [6.45, 7) is 4.12. The molecule has 0 saturated carbocycles. The highest BCUT2D eigenvalue weighted by Crippen LogP contribution is 2.08. The maximum Gasteiger partial charge on any atom is 0.0521 e. The number of aliphatic hydroxyl groups is 1. The number of rotatable bonds is 5. The van der Waals surface area contributed by atoms with Crippen LogP contribution in [0.3, 0.4) is 0 Å². The second-order valence-corrected chi connectivity index (χ2v) is 4.11. The molecule has 1 N–H and O–H groups in total. The topological polar surface area (TPSA) is 23.5 Å². The van der Waals surface area contributed by atoms with Gasteiger partial charge in [0.1, 0.15) is 0 Å². The van der Waals surface area contributed by atoms with Crippen LogP contribution in [0.2, 0.25) is 0 Å². The summed E-state index contributed by atoms with van der Waals surface area (Å²) in [7, 11) is 0. The minimum atomic E-state index is 0.324. The second kappa shape index (κ2) is 5.86. The Morgan fingerprint density at radius 2 is 1.91 bits per heavy atom. The molecule has 0 amide bonds. The van der Waals surface area contributed by atoms with E-state index in [4.69, 9.17) is 5.11 Å². The number of nitrogens with zero attached hydrogens (tertiary/aromatic N) is 1. The Labute approximate surface area is 73.0 Å². The molecule has 1 fully saturated rings. The first-order valence-electron chi connectivity index (χ1n) is 4.34. The Hall–Kier alpha value is 0.270. The smallest absolute Gasteiger partial charge is 0.0521 e. The molecule has 0 atom stereocenters. The van der Waals surface area contributed by atoms with Gasteiger partial charge in [-0.05, 0) is 25.9 Å². The molecular formula is C8H17NOS. The largest absolute Gasteiger partial charge is 0.396 e. The predicted molar refractivity (Wildman–Crippen MR) is 50.1 cm³/mol. The summed E-state index contributed by atoms with van der Waals surface area (Å²) >= 11 is 1.85. The molecule has 0 aromatic heterocycles. The van der Waals surface area contributed by atoms with Crippen molar-refractivity contribution >= 4 is 11.8 Å². The molecule has 0 bridgehead atoms. The van der Waals surface area contributed by atoms with E-state index >= 15 is 0 Å². The average Bonchev–Trinajstić information content (AvgIpc) is 2.50. The average molecular weight is 175 g/mol. The van der Waals surface area contributed by atoms with E-state index in [1.165, 1.54) is 38.2 Å². The van der Waals surface area contributed by atoms with Crippen molar-refractivity contribution in [2.24, 2.45) is 0 Å². The maximum atomic E-state index is 8.52. The first-order valence-corrected chi connectivity index (χ1v) is 5.50. The molecule has 1 heterocycles. The van der Waals surface area contributed by atoms with Crippen LogP contribution in [0.25, 0.3) is 0 Å². The molecule has 0 unspecified atom stereocenters. The number of hydrogen-bond acceptors (Lipinski definition) is 3. The van der Waals surface area contributed by atoms with Crippen LogP contribution >= 0.6 is 11.8 Å². The maximum absolute atomic E-state index is 8.52. The Balaban J connectivity index is 1.86. The first kappa shape index (κ1) is 9.36. The summed E-state index contributed by atoms with van der Waals surface area (Å²) < 4.78 is 0. The quantitative estimate of drug-likeness (QED) is 0.625. The van der Waals surface area contributed by atoms with E-state index in [0.29, 0.717) is 6.61 Å². The van der Waals surface area contributed by atoms with E-state index < -0.39 is 0 Å². The van der Waals surface area contributed by atoms with Crippen molar-refractivity contribution in [2.45, 2.75) is 12.8 Å². The lowest BCUT2D eigenvalue weighted by molar-refractivity contribution is 0.322. The normalized spacial score (nSPS) is 19.4. The minimum Gasteiger partial charge on any atom is -0.396 e. The van der Waals surface area contributed by atoms with Crippen LogP contribution in [-0.2, 0) is 0 Å². The Morgan fingerprint density at radius 1 is 1.18 bits per heavy atom. The van der Waals surface area contributed by atoms with Gasteiger partial charge in [0, 0.05) is 18.1 Å². The summed E-state index contributed by atoms with van der Waals surface area (Å²) in [5.74, 6) is 2.08. The highest BCUT2D eigenvalue weighted by atomic mass is 32.2. The summed E-state index contributed by atoms with van der Waals surface area (Å²) in [5, 5.41) is 8.52. The van der Waals surface area contributed by atoms with Gasteiger partial charge in [-0.3, -0.25) is 0 Å². The highest BCUT2D eigenvalue weighted by Gasteiger charge is 2.09. The molecule has 66 valence electrons. The van der Waals surface area contributed by atoms with Gasteiger partial charge in [0.2, 0.25) is 0 Å². The number of aliphatic hydroxyl groups excluding tert-OH is 1. The number of likely N-dealkylation sites (tertiary alicyclic amines) is 1. The van der Waals surface area contributed by atoms with Gasteiger partial charge in [-0.2, -0.15) is 11.8 Å². The van der Waals surface area contributed by atoms with Crippen LogP contribution in [0.4, 0.5) is 0 Å². The van der Waals surface area contributed by atoms with Gasteiger partial charge in [-0.1, -0.05) is 0 Å². The standard InChI is InChI=1S/C8H17NOS/c10-6-8-11-7-5-9-3-1-2-4-9/h10H,1-8H2. The van der Waals surface area contributed by atoms with Crippen molar-refractivity contribution in [3.8, 4) is 0 Å². The van der Waals surface area contributed by atoms with Gasteiger partial charge < -0.3 is 10.0 Å². The molecule has 0 aliphatic carbocycles. The van der Waals surface area contributed by atoms with E-state index in [9.17, 15) is 0 Å². The van der Waals surface area contributed by atoms with E-state index in [0.717, 1.165) is 5.75 Å². The van der Waals surface area contributed by atoms with Crippen molar-refractivity contribution in [1.82, 2.24) is 4.90 Å². The Kier molecular flexibility index (Phi) is 4.99. The molecule has 1 saturated heterocycles. The fourth-order valence-corrected chi connectivity index (χ4v) is 2.09. The van der Waals surface area contributed by atoms with Crippen molar-refractivity contribution in [3.63, 3.8) is 0 Å². The molecule has 3 heteroatoms. The van der Waals surface area contributed by atoms with Crippen LogP contribution in [0.1, 0.15) is 12.8 Å². The molecule has 0 radical (unpaired) electrons. The third-order valence-electron chi connectivity index (χ3n) is 1.99. The third kappa shape index (κ3) is 3.99. The predicted octanol–water partition coefficient (Wildman–Crippen LogP) is 0.808.